The Kier molecular flexibility index (Phi) is 3.23. The van der Waals surface area contributed by atoms with Crippen LogP contribution in [0.15, 0.2) is 55.1 Å². The number of para-hydroxylation sites is 1. The highest BCUT2D eigenvalue weighted by Gasteiger charge is 2.25. The van der Waals surface area contributed by atoms with Crippen molar-refractivity contribution in [1.82, 2.24) is 15.0 Å². The lowest BCUT2D eigenvalue weighted by Gasteiger charge is -2.29. The van der Waals surface area contributed by atoms with E-state index in [1.807, 2.05) is 0 Å². The summed E-state index contributed by atoms with van der Waals surface area (Å²) in [6.45, 7) is 7.87. The zero-order valence-electron chi connectivity index (χ0n) is 13.1. The first-order valence-corrected chi connectivity index (χ1v) is 7.84. The number of nitrogens with zero attached hydrogens (tertiary/aromatic N) is 4. The quantitative estimate of drug-likeness (QED) is 0.716. The van der Waals surface area contributed by atoms with E-state index in [2.05, 4.69) is 77.2 Å². The van der Waals surface area contributed by atoms with E-state index in [0.717, 1.165) is 35.6 Å². The number of anilines is 1. The lowest BCUT2D eigenvalue weighted by Crippen LogP contribution is -2.24. The van der Waals surface area contributed by atoms with E-state index in [4.69, 9.17) is 0 Å². The highest BCUT2D eigenvalue weighted by molar-refractivity contribution is 5.88. The molecule has 0 saturated heterocycles. The van der Waals surface area contributed by atoms with E-state index in [1.54, 1.807) is 10.9 Å². The van der Waals surface area contributed by atoms with Crippen LogP contribution in [0.4, 0.5) is 5.69 Å². The topological polar surface area (TPSA) is 34.0 Å². The number of hydrogen-bond acceptors (Lipinski definition) is 3. The Bertz CT molecular complexity index is 879. The first-order valence-electron chi connectivity index (χ1n) is 7.84. The summed E-state index contributed by atoms with van der Waals surface area (Å²) in [5.41, 5.74) is 6.68. The van der Waals surface area contributed by atoms with Gasteiger partial charge in [0, 0.05) is 36.1 Å². The molecule has 2 heterocycles. The molecule has 0 fully saturated rings. The fraction of sp³-hybridized carbons (Fsp3) is 0.158. The van der Waals surface area contributed by atoms with Crippen molar-refractivity contribution in [2.24, 2.45) is 0 Å². The SMILES string of the molecule is C=Cn1nnc2c1-c1ccccc1N(CC)Cc1ccccc1-2. The van der Waals surface area contributed by atoms with Gasteiger partial charge in [0.1, 0.15) is 11.4 Å². The molecule has 3 aromatic rings. The molecule has 1 aromatic heterocycles. The summed E-state index contributed by atoms with van der Waals surface area (Å²) in [7, 11) is 0. The Hall–Kier alpha value is -2.88. The first-order chi connectivity index (χ1) is 11.3. The van der Waals surface area contributed by atoms with Crippen molar-refractivity contribution >= 4 is 11.9 Å². The van der Waals surface area contributed by atoms with Gasteiger partial charge in [-0.2, -0.15) is 0 Å². The lowest BCUT2D eigenvalue weighted by atomic mass is 9.96. The molecule has 4 nitrogen and oxygen atoms in total. The predicted molar refractivity (Wildman–Crippen MR) is 94.0 cm³/mol. The molecular weight excluding hydrogens is 284 g/mol. The molecule has 2 aromatic carbocycles. The second-order valence-electron chi connectivity index (χ2n) is 5.60. The van der Waals surface area contributed by atoms with Crippen LogP contribution in [0.5, 0.6) is 0 Å². The second kappa shape index (κ2) is 5.39. The van der Waals surface area contributed by atoms with Gasteiger partial charge in [0.2, 0.25) is 0 Å². The maximum absolute atomic E-state index is 4.44. The molecule has 114 valence electrons. The average Bonchev–Trinajstić information content (AvgIpc) is 3.02. The summed E-state index contributed by atoms with van der Waals surface area (Å²) >= 11 is 0. The standard InChI is InChI=1S/C19H18N4/c1-3-22-13-14-9-5-6-10-15(14)18-19(23(4-2)21-20-18)16-11-7-8-12-17(16)22/h4-12H,2-3,13H2,1H3. The minimum atomic E-state index is 0.865. The Labute approximate surface area is 135 Å². The monoisotopic (exact) mass is 302 g/mol. The number of rotatable bonds is 2. The van der Waals surface area contributed by atoms with Crippen LogP contribution in [0.25, 0.3) is 28.7 Å². The Morgan fingerprint density at radius 1 is 1.09 bits per heavy atom. The zero-order valence-corrected chi connectivity index (χ0v) is 13.1. The molecule has 0 bridgehead atoms. The smallest absolute Gasteiger partial charge is 0.121 e. The van der Waals surface area contributed by atoms with Gasteiger partial charge in [-0.1, -0.05) is 54.3 Å². The largest absolute Gasteiger partial charge is 0.367 e. The Morgan fingerprint density at radius 3 is 2.61 bits per heavy atom. The lowest BCUT2D eigenvalue weighted by molar-refractivity contribution is 0.830. The molecule has 1 aliphatic rings. The molecule has 0 spiro atoms. The average molecular weight is 302 g/mol. The molecule has 0 saturated carbocycles. The minimum absolute atomic E-state index is 0.865. The molecule has 0 aliphatic carbocycles. The Morgan fingerprint density at radius 2 is 1.83 bits per heavy atom. The van der Waals surface area contributed by atoms with Gasteiger partial charge in [0.15, 0.2) is 0 Å². The first kappa shape index (κ1) is 13.8. The molecule has 23 heavy (non-hydrogen) atoms. The van der Waals surface area contributed by atoms with Crippen molar-refractivity contribution in [3.05, 3.63) is 60.7 Å². The summed E-state index contributed by atoms with van der Waals surface area (Å²) < 4.78 is 1.77. The summed E-state index contributed by atoms with van der Waals surface area (Å²) in [6, 6.07) is 16.9. The number of aromatic nitrogens is 3. The van der Waals surface area contributed by atoms with Gasteiger partial charge in [-0.15, -0.1) is 5.10 Å². The van der Waals surface area contributed by atoms with Crippen LogP contribution in [-0.2, 0) is 6.54 Å². The van der Waals surface area contributed by atoms with Crippen LogP contribution in [0.2, 0.25) is 0 Å². The normalized spacial score (nSPS) is 12.7. The molecule has 1 aliphatic heterocycles. The fourth-order valence-electron chi connectivity index (χ4n) is 3.27. The van der Waals surface area contributed by atoms with Crippen molar-refractivity contribution in [3.63, 3.8) is 0 Å². The van der Waals surface area contributed by atoms with Gasteiger partial charge in [-0.25, -0.2) is 4.68 Å². The summed E-state index contributed by atoms with van der Waals surface area (Å²) in [5, 5.41) is 8.72. The van der Waals surface area contributed by atoms with Crippen molar-refractivity contribution in [3.8, 4) is 22.5 Å². The van der Waals surface area contributed by atoms with Crippen molar-refractivity contribution in [1.29, 1.82) is 0 Å². The third kappa shape index (κ3) is 2.06. The van der Waals surface area contributed by atoms with Crippen LogP contribution in [0.3, 0.4) is 0 Å². The van der Waals surface area contributed by atoms with Crippen molar-refractivity contribution < 1.29 is 0 Å². The van der Waals surface area contributed by atoms with Crippen LogP contribution in [0.1, 0.15) is 12.5 Å². The number of benzene rings is 2. The highest BCUT2D eigenvalue weighted by atomic mass is 15.4. The Balaban J connectivity index is 2.11. The third-order valence-electron chi connectivity index (χ3n) is 4.38. The molecular formula is C19H18N4. The van der Waals surface area contributed by atoms with E-state index < -0.39 is 0 Å². The van der Waals surface area contributed by atoms with E-state index in [-0.39, 0.29) is 0 Å². The number of hydrogen-bond donors (Lipinski definition) is 0. The van der Waals surface area contributed by atoms with Gasteiger partial charge in [0.05, 0.1) is 0 Å². The second-order valence-corrected chi connectivity index (χ2v) is 5.60. The van der Waals surface area contributed by atoms with Gasteiger partial charge in [-0.05, 0) is 18.6 Å². The summed E-state index contributed by atoms with van der Waals surface area (Å²) in [5.74, 6) is 0. The maximum atomic E-state index is 4.44. The van der Waals surface area contributed by atoms with Gasteiger partial charge in [-0.3, -0.25) is 0 Å². The molecule has 0 atom stereocenters. The molecule has 0 unspecified atom stereocenters. The van der Waals surface area contributed by atoms with Gasteiger partial charge >= 0.3 is 0 Å². The van der Waals surface area contributed by atoms with Crippen LogP contribution in [-0.4, -0.2) is 21.5 Å². The third-order valence-corrected chi connectivity index (χ3v) is 4.38. The van der Waals surface area contributed by atoms with Crippen molar-refractivity contribution in [2.45, 2.75) is 13.5 Å². The molecule has 4 rings (SSSR count). The van der Waals surface area contributed by atoms with E-state index in [1.165, 1.54) is 11.3 Å². The highest BCUT2D eigenvalue weighted by Crippen LogP contribution is 2.40. The van der Waals surface area contributed by atoms with E-state index in [9.17, 15) is 0 Å². The molecule has 0 amide bonds. The van der Waals surface area contributed by atoms with Crippen LogP contribution in [0, 0.1) is 0 Å². The van der Waals surface area contributed by atoms with Gasteiger partial charge < -0.3 is 4.90 Å². The predicted octanol–water partition coefficient (Wildman–Crippen LogP) is 4.05. The van der Waals surface area contributed by atoms with Gasteiger partial charge in [0.25, 0.3) is 0 Å². The van der Waals surface area contributed by atoms with Crippen molar-refractivity contribution in [2.75, 3.05) is 11.4 Å². The van der Waals surface area contributed by atoms with E-state index in [0.29, 0.717) is 0 Å². The fourth-order valence-corrected chi connectivity index (χ4v) is 3.27. The summed E-state index contributed by atoms with van der Waals surface area (Å²) in [6.07, 6.45) is 1.71. The summed E-state index contributed by atoms with van der Waals surface area (Å²) in [4.78, 5) is 2.39. The molecule has 4 heteroatoms. The van der Waals surface area contributed by atoms with E-state index >= 15 is 0 Å². The molecule has 0 N–H and O–H groups in total. The number of fused-ring (bicyclic) bond motifs is 5. The van der Waals surface area contributed by atoms with Crippen LogP contribution >= 0.6 is 0 Å². The maximum Gasteiger partial charge on any atom is 0.121 e. The zero-order chi connectivity index (χ0) is 15.8. The molecule has 0 radical (unpaired) electrons. The van der Waals surface area contributed by atoms with Crippen LogP contribution < -0.4 is 4.90 Å². The minimum Gasteiger partial charge on any atom is -0.367 e.